The summed E-state index contributed by atoms with van der Waals surface area (Å²) in [5.74, 6) is -0.00713. The van der Waals surface area contributed by atoms with Crippen LogP contribution in [0.4, 0.5) is 0 Å². The Labute approximate surface area is 92.5 Å². The second-order valence-corrected chi connectivity index (χ2v) is 5.19. The predicted molar refractivity (Wildman–Crippen MR) is 64.4 cm³/mol. The average Bonchev–Trinajstić information content (AvgIpc) is 2.15. The van der Waals surface area contributed by atoms with Gasteiger partial charge in [0, 0.05) is 5.92 Å². The topological polar surface area (TPSA) is 17.1 Å². The zero-order valence-corrected chi connectivity index (χ0v) is 10.3. The molecular weight excluding hydrogens is 184 g/mol. The minimum atomic E-state index is -0.00713. The van der Waals surface area contributed by atoms with E-state index in [9.17, 15) is 4.79 Å². The molecule has 0 bridgehead atoms. The van der Waals surface area contributed by atoms with Crippen molar-refractivity contribution < 1.29 is 4.79 Å². The first-order valence-corrected chi connectivity index (χ1v) is 5.43. The quantitative estimate of drug-likeness (QED) is 0.673. The number of rotatable bonds is 2. The van der Waals surface area contributed by atoms with E-state index in [0.717, 1.165) is 11.8 Å². The summed E-state index contributed by atoms with van der Waals surface area (Å²) in [7, 11) is 0. The van der Waals surface area contributed by atoms with E-state index in [4.69, 9.17) is 0 Å². The Morgan fingerprint density at radius 3 is 2.33 bits per heavy atom. The van der Waals surface area contributed by atoms with Gasteiger partial charge >= 0.3 is 0 Å². The lowest BCUT2D eigenvalue weighted by Gasteiger charge is -2.24. The third kappa shape index (κ3) is 2.47. The zero-order chi connectivity index (χ0) is 11.6. The van der Waals surface area contributed by atoms with Crippen LogP contribution in [0.3, 0.4) is 0 Å². The molecule has 0 aliphatic heterocycles. The number of carbonyl (C=O) groups is 1. The summed E-state index contributed by atoms with van der Waals surface area (Å²) in [4.78, 5) is 10.8. The highest BCUT2D eigenvalue weighted by Crippen LogP contribution is 2.29. The van der Waals surface area contributed by atoms with E-state index in [1.807, 2.05) is 19.1 Å². The molecule has 0 radical (unpaired) electrons. The molecule has 1 atom stereocenters. The van der Waals surface area contributed by atoms with Crippen LogP contribution < -0.4 is 0 Å². The molecular formula is C14H20O. The molecule has 0 aromatic heterocycles. The molecule has 1 rings (SSSR count). The second-order valence-electron chi connectivity index (χ2n) is 5.19. The van der Waals surface area contributed by atoms with Gasteiger partial charge in [0.25, 0.3) is 0 Å². The number of hydrogen-bond donors (Lipinski definition) is 0. The van der Waals surface area contributed by atoms with Crippen LogP contribution in [0.25, 0.3) is 0 Å². The SMILES string of the molecule is Cc1c(C(C)C=O)cccc1C(C)(C)C. The van der Waals surface area contributed by atoms with Gasteiger partial charge in [-0.3, -0.25) is 0 Å². The Bertz CT molecular complexity index is 358. The highest BCUT2D eigenvalue weighted by Gasteiger charge is 2.19. The summed E-state index contributed by atoms with van der Waals surface area (Å²) in [6.07, 6.45) is 1.01. The molecule has 0 aliphatic rings. The Hall–Kier alpha value is -1.11. The molecule has 1 aromatic rings. The lowest BCUT2D eigenvalue weighted by atomic mass is 9.81. The molecule has 0 saturated carbocycles. The predicted octanol–water partition coefficient (Wildman–Crippen LogP) is 3.59. The van der Waals surface area contributed by atoms with E-state index in [0.29, 0.717) is 0 Å². The maximum absolute atomic E-state index is 10.8. The molecule has 0 saturated heterocycles. The molecule has 1 heteroatoms. The van der Waals surface area contributed by atoms with Crippen LogP contribution in [0.15, 0.2) is 18.2 Å². The van der Waals surface area contributed by atoms with Crippen LogP contribution in [0, 0.1) is 6.92 Å². The summed E-state index contributed by atoms with van der Waals surface area (Å²) in [5, 5.41) is 0. The van der Waals surface area contributed by atoms with Crippen molar-refractivity contribution in [1.82, 2.24) is 0 Å². The molecule has 0 N–H and O–H groups in total. The third-order valence-electron chi connectivity index (χ3n) is 2.88. The summed E-state index contributed by atoms with van der Waals surface area (Å²) < 4.78 is 0. The molecule has 0 aliphatic carbocycles. The first-order valence-electron chi connectivity index (χ1n) is 5.43. The van der Waals surface area contributed by atoms with E-state index in [1.54, 1.807) is 0 Å². The number of aldehydes is 1. The fourth-order valence-electron chi connectivity index (χ4n) is 2.03. The van der Waals surface area contributed by atoms with Crippen molar-refractivity contribution in [3.63, 3.8) is 0 Å². The highest BCUT2D eigenvalue weighted by molar-refractivity contribution is 5.63. The van der Waals surface area contributed by atoms with Crippen LogP contribution >= 0.6 is 0 Å². The van der Waals surface area contributed by atoms with Gasteiger partial charge in [-0.1, -0.05) is 45.9 Å². The fourth-order valence-corrected chi connectivity index (χ4v) is 2.03. The molecule has 1 nitrogen and oxygen atoms in total. The average molecular weight is 204 g/mol. The number of benzene rings is 1. The summed E-state index contributed by atoms with van der Waals surface area (Å²) in [5.41, 5.74) is 3.87. The van der Waals surface area contributed by atoms with Crippen molar-refractivity contribution in [2.75, 3.05) is 0 Å². The van der Waals surface area contributed by atoms with Gasteiger partial charge in [-0.05, 0) is 29.0 Å². The van der Waals surface area contributed by atoms with Crippen LogP contribution in [0.2, 0.25) is 0 Å². The maximum Gasteiger partial charge on any atom is 0.127 e. The van der Waals surface area contributed by atoms with E-state index in [1.165, 1.54) is 11.1 Å². The minimum absolute atomic E-state index is 0.00713. The smallest absolute Gasteiger partial charge is 0.127 e. The molecule has 82 valence electrons. The van der Waals surface area contributed by atoms with Gasteiger partial charge in [0.15, 0.2) is 0 Å². The Kier molecular flexibility index (Phi) is 3.33. The Balaban J connectivity index is 3.29. The lowest BCUT2D eigenvalue weighted by molar-refractivity contribution is -0.108. The lowest BCUT2D eigenvalue weighted by Crippen LogP contribution is -2.14. The zero-order valence-electron chi connectivity index (χ0n) is 10.3. The van der Waals surface area contributed by atoms with E-state index >= 15 is 0 Å². The molecule has 1 unspecified atom stereocenters. The molecule has 1 aromatic carbocycles. The van der Waals surface area contributed by atoms with Gasteiger partial charge in [0.2, 0.25) is 0 Å². The van der Waals surface area contributed by atoms with E-state index in [2.05, 4.69) is 33.8 Å². The molecule has 0 amide bonds. The first-order chi connectivity index (χ1) is 6.88. The monoisotopic (exact) mass is 204 g/mol. The van der Waals surface area contributed by atoms with Gasteiger partial charge in [0.05, 0.1) is 0 Å². The molecule has 0 spiro atoms. The summed E-state index contributed by atoms with van der Waals surface area (Å²) in [6.45, 7) is 10.7. The summed E-state index contributed by atoms with van der Waals surface area (Å²) >= 11 is 0. The van der Waals surface area contributed by atoms with E-state index in [-0.39, 0.29) is 11.3 Å². The number of hydrogen-bond acceptors (Lipinski definition) is 1. The third-order valence-corrected chi connectivity index (χ3v) is 2.88. The first kappa shape index (κ1) is 12.0. The van der Waals surface area contributed by atoms with Gasteiger partial charge in [-0.2, -0.15) is 0 Å². The van der Waals surface area contributed by atoms with Gasteiger partial charge < -0.3 is 4.79 Å². The van der Waals surface area contributed by atoms with Crippen molar-refractivity contribution in [3.8, 4) is 0 Å². The molecule has 0 fully saturated rings. The van der Waals surface area contributed by atoms with Gasteiger partial charge in [-0.25, -0.2) is 0 Å². The van der Waals surface area contributed by atoms with Crippen molar-refractivity contribution in [2.45, 2.75) is 46.0 Å². The van der Waals surface area contributed by atoms with Gasteiger partial charge in [0.1, 0.15) is 6.29 Å². The Morgan fingerprint density at radius 1 is 1.27 bits per heavy atom. The minimum Gasteiger partial charge on any atom is -0.303 e. The van der Waals surface area contributed by atoms with Crippen molar-refractivity contribution in [3.05, 3.63) is 34.9 Å². The molecule has 0 heterocycles. The normalized spacial score (nSPS) is 13.7. The Morgan fingerprint density at radius 2 is 1.87 bits per heavy atom. The second kappa shape index (κ2) is 4.18. The molecule has 15 heavy (non-hydrogen) atoms. The highest BCUT2D eigenvalue weighted by atomic mass is 16.1. The van der Waals surface area contributed by atoms with Crippen molar-refractivity contribution >= 4 is 6.29 Å². The maximum atomic E-state index is 10.8. The van der Waals surface area contributed by atoms with Crippen molar-refractivity contribution in [1.29, 1.82) is 0 Å². The van der Waals surface area contributed by atoms with Crippen LogP contribution in [-0.4, -0.2) is 6.29 Å². The largest absolute Gasteiger partial charge is 0.303 e. The van der Waals surface area contributed by atoms with Crippen LogP contribution in [0.5, 0.6) is 0 Å². The van der Waals surface area contributed by atoms with Crippen LogP contribution in [-0.2, 0) is 10.2 Å². The van der Waals surface area contributed by atoms with Gasteiger partial charge in [-0.15, -0.1) is 0 Å². The number of carbonyl (C=O) groups excluding carboxylic acids is 1. The van der Waals surface area contributed by atoms with Crippen molar-refractivity contribution in [2.24, 2.45) is 0 Å². The van der Waals surface area contributed by atoms with Crippen LogP contribution in [0.1, 0.15) is 50.3 Å². The summed E-state index contributed by atoms with van der Waals surface area (Å²) in [6, 6.07) is 6.24. The standard InChI is InChI=1S/C14H20O/c1-10(9-15)12-7-6-8-13(11(12)2)14(3,4)5/h6-10H,1-5H3. The van der Waals surface area contributed by atoms with E-state index < -0.39 is 0 Å². The fraction of sp³-hybridized carbons (Fsp3) is 0.500.